The summed E-state index contributed by atoms with van der Waals surface area (Å²) in [6.45, 7) is 11.4. The summed E-state index contributed by atoms with van der Waals surface area (Å²) in [6.07, 6.45) is 4.48. The normalized spacial score (nSPS) is 30.5. The van der Waals surface area contributed by atoms with Gasteiger partial charge in [-0.15, -0.1) is 0 Å². The van der Waals surface area contributed by atoms with Gasteiger partial charge in [-0.25, -0.2) is 0 Å². The van der Waals surface area contributed by atoms with Gasteiger partial charge in [-0.05, 0) is 58.6 Å². The van der Waals surface area contributed by atoms with Crippen molar-refractivity contribution >= 4 is 5.69 Å². The number of aryl methyl sites for hydroxylation is 3. The topological polar surface area (TPSA) is 19.4 Å². The maximum atomic E-state index is 4.70. The van der Waals surface area contributed by atoms with Gasteiger partial charge in [0.2, 0.25) is 0 Å². The Bertz CT molecular complexity index is 454. The Kier molecular flexibility index (Phi) is 3.25. The highest BCUT2D eigenvalue weighted by molar-refractivity contribution is 5.58. The van der Waals surface area contributed by atoms with Crippen LogP contribution in [0.3, 0.4) is 0 Å². The fourth-order valence-electron chi connectivity index (χ4n) is 4.01. The number of fused-ring (bicyclic) bond motifs is 4. The summed E-state index contributed by atoms with van der Waals surface area (Å²) in [4.78, 5) is 9.97. The number of hydrogen-bond donors (Lipinski definition) is 0. The van der Waals surface area contributed by atoms with Gasteiger partial charge in [0, 0.05) is 24.8 Å². The Morgan fingerprint density at radius 1 is 1.16 bits per heavy atom. The molecule has 2 bridgehead atoms. The van der Waals surface area contributed by atoms with Crippen LogP contribution >= 0.6 is 0 Å². The molecule has 4 rings (SSSR count). The molecule has 3 heteroatoms. The minimum absolute atomic E-state index is 0.517. The lowest BCUT2D eigenvalue weighted by atomic mass is 10.0. The van der Waals surface area contributed by atoms with E-state index in [4.69, 9.17) is 4.98 Å². The van der Waals surface area contributed by atoms with E-state index >= 15 is 0 Å². The predicted octanol–water partition coefficient (Wildman–Crippen LogP) is 3.03. The highest BCUT2D eigenvalue weighted by Gasteiger charge is 2.36. The molecule has 3 aliphatic rings. The third-order valence-corrected chi connectivity index (χ3v) is 4.80. The van der Waals surface area contributed by atoms with E-state index in [-0.39, 0.29) is 0 Å². The van der Waals surface area contributed by atoms with Gasteiger partial charge < -0.3 is 4.90 Å². The Morgan fingerprint density at radius 3 is 2.68 bits per heavy atom. The Balaban J connectivity index is 2.06. The lowest BCUT2D eigenvalue weighted by Gasteiger charge is -2.46. The van der Waals surface area contributed by atoms with Gasteiger partial charge in [-0.1, -0.05) is 0 Å². The molecule has 104 valence electrons. The molecule has 1 aromatic rings. The molecule has 0 aromatic carbocycles. The Hall–Kier alpha value is -1.09. The molecule has 0 amide bonds. The van der Waals surface area contributed by atoms with Crippen LogP contribution in [0.1, 0.15) is 43.1 Å². The van der Waals surface area contributed by atoms with E-state index in [1.165, 1.54) is 49.3 Å². The summed E-state index contributed by atoms with van der Waals surface area (Å²) in [7, 11) is 0. The van der Waals surface area contributed by atoms with Crippen LogP contribution in [0.2, 0.25) is 0 Å². The molecule has 4 heterocycles. The van der Waals surface area contributed by atoms with Crippen LogP contribution in [0.5, 0.6) is 0 Å². The predicted molar refractivity (Wildman–Crippen MR) is 79.6 cm³/mol. The van der Waals surface area contributed by atoms with Gasteiger partial charge in [-0.3, -0.25) is 9.88 Å². The van der Waals surface area contributed by atoms with Crippen LogP contribution < -0.4 is 4.90 Å². The van der Waals surface area contributed by atoms with E-state index in [0.29, 0.717) is 12.2 Å². The van der Waals surface area contributed by atoms with Gasteiger partial charge in [0.05, 0.1) is 17.5 Å². The van der Waals surface area contributed by atoms with Crippen molar-refractivity contribution in [3.05, 3.63) is 23.0 Å². The van der Waals surface area contributed by atoms with E-state index in [0.717, 1.165) is 5.69 Å². The highest BCUT2D eigenvalue weighted by Crippen LogP contribution is 2.36. The lowest BCUT2D eigenvalue weighted by Crippen LogP contribution is -2.55. The number of anilines is 1. The van der Waals surface area contributed by atoms with E-state index < -0.39 is 0 Å². The smallest absolute Gasteiger partial charge is 0.0796 e. The van der Waals surface area contributed by atoms with E-state index in [2.05, 4.69) is 43.6 Å². The van der Waals surface area contributed by atoms with Gasteiger partial charge in [0.1, 0.15) is 0 Å². The quantitative estimate of drug-likeness (QED) is 0.773. The number of pyridine rings is 1. The second kappa shape index (κ2) is 4.78. The number of hydrogen-bond acceptors (Lipinski definition) is 3. The first-order valence-corrected chi connectivity index (χ1v) is 7.55. The first-order chi connectivity index (χ1) is 9.08. The molecule has 0 spiro atoms. The van der Waals surface area contributed by atoms with Crippen molar-refractivity contribution in [2.24, 2.45) is 0 Å². The van der Waals surface area contributed by atoms with Crippen molar-refractivity contribution in [1.29, 1.82) is 0 Å². The summed E-state index contributed by atoms with van der Waals surface area (Å²) in [6, 6.07) is 2.93. The van der Waals surface area contributed by atoms with Crippen molar-refractivity contribution in [3.63, 3.8) is 0 Å². The molecule has 2 unspecified atom stereocenters. The van der Waals surface area contributed by atoms with Gasteiger partial charge in [0.25, 0.3) is 0 Å². The van der Waals surface area contributed by atoms with Crippen molar-refractivity contribution in [1.82, 2.24) is 9.88 Å². The molecule has 0 radical (unpaired) electrons. The van der Waals surface area contributed by atoms with Crippen LogP contribution in [0.4, 0.5) is 5.69 Å². The van der Waals surface area contributed by atoms with Crippen molar-refractivity contribution in [2.75, 3.05) is 18.0 Å². The largest absolute Gasteiger partial charge is 0.351 e. The molecular formula is C16H25N3. The van der Waals surface area contributed by atoms with Gasteiger partial charge in [0.15, 0.2) is 0 Å². The fraction of sp³-hybridized carbons (Fsp3) is 0.688. The van der Waals surface area contributed by atoms with Crippen LogP contribution in [0.25, 0.3) is 0 Å². The third-order valence-electron chi connectivity index (χ3n) is 4.80. The van der Waals surface area contributed by atoms with Crippen LogP contribution in [-0.4, -0.2) is 35.2 Å². The van der Waals surface area contributed by atoms with Gasteiger partial charge in [-0.2, -0.15) is 0 Å². The second-order valence-corrected chi connectivity index (χ2v) is 6.17. The molecule has 0 aliphatic carbocycles. The lowest BCUT2D eigenvalue weighted by molar-refractivity contribution is 0.177. The van der Waals surface area contributed by atoms with Gasteiger partial charge >= 0.3 is 0 Å². The molecule has 19 heavy (non-hydrogen) atoms. The molecule has 3 saturated heterocycles. The molecule has 1 aromatic heterocycles. The minimum atomic E-state index is 0.517. The minimum Gasteiger partial charge on any atom is -0.351 e. The highest BCUT2D eigenvalue weighted by atomic mass is 15.4. The van der Waals surface area contributed by atoms with Crippen LogP contribution in [-0.2, 0) is 0 Å². The zero-order chi connectivity index (χ0) is 13.6. The summed E-state index contributed by atoms with van der Waals surface area (Å²) in [5.74, 6) is 0. The molecule has 0 N–H and O–H groups in total. The molecular weight excluding hydrogens is 234 g/mol. The Labute approximate surface area is 116 Å². The van der Waals surface area contributed by atoms with Crippen molar-refractivity contribution in [2.45, 2.75) is 59.2 Å². The van der Waals surface area contributed by atoms with Crippen LogP contribution in [0, 0.1) is 20.8 Å². The zero-order valence-electron chi connectivity index (χ0n) is 12.6. The first kappa shape index (κ1) is 12.9. The zero-order valence-corrected chi connectivity index (χ0v) is 12.6. The summed E-state index contributed by atoms with van der Waals surface area (Å²) in [5.41, 5.74) is 5.09. The SMILES string of the molecule is Cc1cc(C)c(N2C3CCCN(CC3)[C@@H]2C)c(C)n1. The standard InChI is InChI=1S/C16H25N3/c1-11-10-12(2)17-13(3)16(11)19-14(4)18-8-5-6-15(19)7-9-18/h10,14-15H,5-9H2,1-4H3/t14-,15?/m0/s1. The molecule has 3 atom stereocenters. The maximum Gasteiger partial charge on any atom is 0.0796 e. The summed E-state index contributed by atoms with van der Waals surface area (Å²) < 4.78 is 0. The average Bonchev–Trinajstić information content (AvgIpc) is 2.64. The van der Waals surface area contributed by atoms with Crippen molar-refractivity contribution < 1.29 is 0 Å². The number of aromatic nitrogens is 1. The Morgan fingerprint density at radius 2 is 1.95 bits per heavy atom. The fourth-order valence-corrected chi connectivity index (χ4v) is 4.01. The number of nitrogens with zero attached hydrogens (tertiary/aromatic N) is 3. The molecule has 3 nitrogen and oxygen atoms in total. The summed E-state index contributed by atoms with van der Waals surface area (Å²) >= 11 is 0. The van der Waals surface area contributed by atoms with Crippen LogP contribution in [0.15, 0.2) is 6.07 Å². The second-order valence-electron chi connectivity index (χ2n) is 6.17. The van der Waals surface area contributed by atoms with Crippen molar-refractivity contribution in [3.8, 4) is 0 Å². The molecule has 3 fully saturated rings. The molecule has 3 aliphatic heterocycles. The number of rotatable bonds is 1. The molecule has 0 saturated carbocycles. The van der Waals surface area contributed by atoms with E-state index in [1.54, 1.807) is 0 Å². The van der Waals surface area contributed by atoms with E-state index in [1.807, 2.05) is 0 Å². The van der Waals surface area contributed by atoms with E-state index in [9.17, 15) is 0 Å². The summed E-state index contributed by atoms with van der Waals surface area (Å²) in [5, 5.41) is 0. The monoisotopic (exact) mass is 259 g/mol. The third kappa shape index (κ3) is 2.14. The maximum absolute atomic E-state index is 4.70. The first-order valence-electron chi connectivity index (χ1n) is 7.55. The average molecular weight is 259 g/mol.